The van der Waals surface area contributed by atoms with E-state index in [9.17, 15) is 4.79 Å². The van der Waals surface area contributed by atoms with Crippen molar-refractivity contribution < 1.29 is 23.5 Å². The molecule has 0 radical (unpaired) electrons. The Hall–Kier alpha value is -3.55. The van der Waals surface area contributed by atoms with E-state index in [2.05, 4.69) is 10.1 Å². The number of amides is 1. The third kappa shape index (κ3) is 5.10. The van der Waals surface area contributed by atoms with E-state index in [1.807, 2.05) is 68.1 Å². The normalized spacial score (nSPS) is 15.7. The highest BCUT2D eigenvalue weighted by atomic mass is 16.5. The molecule has 2 aromatic carbocycles. The third-order valence-electron chi connectivity index (χ3n) is 5.41. The number of carbonyl (C=O) groups excluding carboxylic acids is 1. The maximum atomic E-state index is 12.7. The summed E-state index contributed by atoms with van der Waals surface area (Å²) >= 11 is 0. The maximum Gasteiger partial charge on any atom is 0.232 e. The first-order chi connectivity index (χ1) is 16.1. The van der Waals surface area contributed by atoms with Gasteiger partial charge in [0.05, 0.1) is 31.3 Å². The zero-order valence-corrected chi connectivity index (χ0v) is 19.2. The molecule has 1 amide bonds. The summed E-state index contributed by atoms with van der Waals surface area (Å²) in [5.74, 6) is 2.95. The molecule has 174 valence electrons. The van der Waals surface area contributed by atoms with Crippen LogP contribution in [0.25, 0.3) is 11.4 Å². The number of rotatable bonds is 10. The van der Waals surface area contributed by atoms with E-state index in [0.29, 0.717) is 68.3 Å². The lowest BCUT2D eigenvalue weighted by atomic mass is 10.1. The number of ether oxygens (including phenoxy) is 3. The lowest BCUT2D eigenvalue weighted by Gasteiger charge is -2.18. The summed E-state index contributed by atoms with van der Waals surface area (Å²) in [4.78, 5) is 19.1. The fourth-order valence-electron chi connectivity index (χ4n) is 3.95. The number of nitrogens with zero attached hydrogens (tertiary/aromatic N) is 3. The van der Waals surface area contributed by atoms with Gasteiger partial charge >= 0.3 is 0 Å². The number of hydrogen-bond acceptors (Lipinski definition) is 7. The minimum atomic E-state index is -0.146. The van der Waals surface area contributed by atoms with Gasteiger partial charge in [-0.3, -0.25) is 4.79 Å². The number of para-hydroxylation sites is 1. The number of hydrogen-bond donors (Lipinski definition) is 0. The average Bonchev–Trinajstić information content (AvgIpc) is 3.44. The van der Waals surface area contributed by atoms with Crippen LogP contribution in [0.3, 0.4) is 0 Å². The van der Waals surface area contributed by atoms with Crippen LogP contribution in [0.15, 0.2) is 47.0 Å². The molecule has 1 aliphatic rings. The molecule has 1 aromatic heterocycles. The Labute approximate surface area is 193 Å². The van der Waals surface area contributed by atoms with E-state index in [4.69, 9.17) is 18.7 Å². The summed E-state index contributed by atoms with van der Waals surface area (Å²) < 4.78 is 22.6. The summed E-state index contributed by atoms with van der Waals surface area (Å²) in [5.41, 5.74) is 1.75. The molecule has 1 atom stereocenters. The summed E-state index contributed by atoms with van der Waals surface area (Å²) in [6.07, 6.45) is 0.337. The van der Waals surface area contributed by atoms with Crippen molar-refractivity contribution in [1.82, 2.24) is 15.0 Å². The topological polar surface area (TPSA) is 86.9 Å². The highest BCUT2D eigenvalue weighted by Crippen LogP contribution is 2.34. The molecule has 4 rings (SSSR count). The second kappa shape index (κ2) is 10.4. The SMILES string of the molecule is CCOc1ccc(CN2CC(c3nc(-c4ccccc4OCC)no3)CC2=O)cc1OCC. The Morgan fingerprint density at radius 2 is 1.70 bits per heavy atom. The highest BCUT2D eigenvalue weighted by Gasteiger charge is 2.34. The Morgan fingerprint density at radius 1 is 0.970 bits per heavy atom. The van der Waals surface area contributed by atoms with E-state index in [1.54, 1.807) is 0 Å². The smallest absolute Gasteiger partial charge is 0.232 e. The molecular weight excluding hydrogens is 422 g/mol. The number of likely N-dealkylation sites (tertiary alicyclic amines) is 1. The number of benzene rings is 2. The molecule has 0 saturated carbocycles. The monoisotopic (exact) mass is 451 g/mol. The first kappa shape index (κ1) is 22.6. The van der Waals surface area contributed by atoms with Crippen LogP contribution >= 0.6 is 0 Å². The van der Waals surface area contributed by atoms with Gasteiger partial charge in [-0.25, -0.2) is 0 Å². The van der Waals surface area contributed by atoms with Crippen molar-refractivity contribution in [3.8, 4) is 28.6 Å². The predicted octanol–water partition coefficient (Wildman–Crippen LogP) is 4.45. The zero-order valence-electron chi connectivity index (χ0n) is 19.2. The Bertz CT molecular complexity index is 1100. The van der Waals surface area contributed by atoms with E-state index >= 15 is 0 Å². The van der Waals surface area contributed by atoms with Crippen LogP contribution in [0.4, 0.5) is 0 Å². The van der Waals surface area contributed by atoms with Crippen molar-refractivity contribution >= 4 is 5.91 Å². The molecule has 3 aromatic rings. The van der Waals surface area contributed by atoms with Crippen molar-refractivity contribution in [1.29, 1.82) is 0 Å². The Morgan fingerprint density at radius 3 is 2.48 bits per heavy atom. The average molecular weight is 452 g/mol. The van der Waals surface area contributed by atoms with E-state index in [1.165, 1.54) is 0 Å². The lowest BCUT2D eigenvalue weighted by molar-refractivity contribution is -0.128. The van der Waals surface area contributed by atoms with Crippen LogP contribution in [0.1, 0.15) is 44.6 Å². The van der Waals surface area contributed by atoms with E-state index < -0.39 is 0 Å². The van der Waals surface area contributed by atoms with Crippen LogP contribution in [-0.2, 0) is 11.3 Å². The lowest BCUT2D eigenvalue weighted by Crippen LogP contribution is -2.24. The molecule has 0 N–H and O–H groups in total. The minimum absolute atomic E-state index is 0.0568. The molecule has 8 nitrogen and oxygen atoms in total. The second-order valence-corrected chi connectivity index (χ2v) is 7.71. The van der Waals surface area contributed by atoms with Gasteiger partial charge < -0.3 is 23.6 Å². The molecule has 1 aliphatic heterocycles. The van der Waals surface area contributed by atoms with Gasteiger partial charge in [0.1, 0.15) is 5.75 Å². The van der Waals surface area contributed by atoms with Crippen LogP contribution in [0.5, 0.6) is 17.2 Å². The maximum absolute atomic E-state index is 12.7. The minimum Gasteiger partial charge on any atom is -0.493 e. The van der Waals surface area contributed by atoms with Crippen LogP contribution < -0.4 is 14.2 Å². The van der Waals surface area contributed by atoms with Gasteiger partial charge in [0.2, 0.25) is 17.6 Å². The fourth-order valence-corrected chi connectivity index (χ4v) is 3.95. The molecule has 2 heterocycles. The zero-order chi connectivity index (χ0) is 23.2. The van der Waals surface area contributed by atoms with Gasteiger partial charge in [0.15, 0.2) is 11.5 Å². The number of carbonyl (C=O) groups is 1. The number of aromatic nitrogens is 2. The molecule has 1 unspecified atom stereocenters. The van der Waals surface area contributed by atoms with Gasteiger partial charge in [-0.2, -0.15) is 4.98 Å². The molecule has 0 bridgehead atoms. The fraction of sp³-hybridized carbons (Fsp3) is 0.400. The van der Waals surface area contributed by atoms with E-state index in [0.717, 1.165) is 11.1 Å². The highest BCUT2D eigenvalue weighted by molar-refractivity contribution is 5.79. The third-order valence-corrected chi connectivity index (χ3v) is 5.41. The van der Waals surface area contributed by atoms with Crippen molar-refractivity contribution in [2.75, 3.05) is 26.4 Å². The Balaban J connectivity index is 1.47. The van der Waals surface area contributed by atoms with Crippen LogP contribution in [0.2, 0.25) is 0 Å². The van der Waals surface area contributed by atoms with Crippen LogP contribution in [0, 0.1) is 0 Å². The van der Waals surface area contributed by atoms with Crippen molar-refractivity contribution in [3.05, 3.63) is 53.9 Å². The van der Waals surface area contributed by atoms with Gasteiger partial charge in [-0.15, -0.1) is 0 Å². The Kier molecular flexibility index (Phi) is 7.12. The molecule has 33 heavy (non-hydrogen) atoms. The van der Waals surface area contributed by atoms with E-state index in [-0.39, 0.29) is 11.8 Å². The standard InChI is InChI=1S/C25H29N3O5/c1-4-30-20-10-8-7-9-19(20)24-26-25(33-27-24)18-14-23(29)28(16-18)15-17-11-12-21(31-5-2)22(13-17)32-6-3/h7-13,18H,4-6,14-16H2,1-3H3. The molecule has 8 heteroatoms. The summed E-state index contributed by atoms with van der Waals surface area (Å²) in [6, 6.07) is 13.4. The summed E-state index contributed by atoms with van der Waals surface area (Å²) in [5, 5.41) is 4.14. The van der Waals surface area contributed by atoms with Crippen molar-refractivity contribution in [3.63, 3.8) is 0 Å². The van der Waals surface area contributed by atoms with Crippen LogP contribution in [-0.4, -0.2) is 47.3 Å². The molecule has 1 saturated heterocycles. The van der Waals surface area contributed by atoms with Gasteiger partial charge in [-0.1, -0.05) is 23.4 Å². The first-order valence-corrected chi connectivity index (χ1v) is 11.3. The molecule has 0 spiro atoms. The quantitative estimate of drug-likeness (QED) is 0.450. The van der Waals surface area contributed by atoms with Gasteiger partial charge in [0, 0.05) is 19.5 Å². The van der Waals surface area contributed by atoms with Crippen molar-refractivity contribution in [2.45, 2.75) is 39.7 Å². The first-order valence-electron chi connectivity index (χ1n) is 11.3. The second-order valence-electron chi connectivity index (χ2n) is 7.71. The van der Waals surface area contributed by atoms with Gasteiger partial charge in [0.25, 0.3) is 0 Å². The van der Waals surface area contributed by atoms with Crippen molar-refractivity contribution in [2.24, 2.45) is 0 Å². The summed E-state index contributed by atoms with van der Waals surface area (Å²) in [6.45, 7) is 8.45. The summed E-state index contributed by atoms with van der Waals surface area (Å²) in [7, 11) is 0. The predicted molar refractivity (Wildman–Crippen MR) is 122 cm³/mol. The van der Waals surface area contributed by atoms with Gasteiger partial charge in [-0.05, 0) is 50.6 Å². The molecule has 0 aliphatic carbocycles. The largest absolute Gasteiger partial charge is 0.493 e. The molecule has 1 fully saturated rings. The molecular formula is C25H29N3O5.